The van der Waals surface area contributed by atoms with Crippen LogP contribution in [0, 0.1) is 0 Å². The Morgan fingerprint density at radius 2 is 2.04 bits per heavy atom. The average Bonchev–Trinajstić information content (AvgIpc) is 3.08. The highest BCUT2D eigenvalue weighted by atomic mass is 32.2. The molecule has 0 atom stereocenters. The molecule has 2 rings (SSSR count). The van der Waals surface area contributed by atoms with Crippen molar-refractivity contribution in [3.8, 4) is 0 Å². The number of nitrogens with one attached hydrogen (secondary N) is 1. The lowest BCUT2D eigenvalue weighted by molar-refractivity contribution is -0.112. The molecule has 1 aliphatic rings. The Morgan fingerprint density at radius 1 is 1.40 bits per heavy atom. The molecule has 0 spiro atoms. The van der Waals surface area contributed by atoms with Crippen LogP contribution in [0.1, 0.15) is 31.4 Å². The molecule has 2 N–H and O–H groups in total. The number of aromatic nitrogens is 1. The number of methoxy groups -OCH3 is 1. The molecule has 25 heavy (non-hydrogen) atoms. The fourth-order valence-electron chi connectivity index (χ4n) is 2.67. The van der Waals surface area contributed by atoms with E-state index in [2.05, 4.69) is 23.6 Å². The van der Waals surface area contributed by atoms with Crippen LogP contribution in [0.3, 0.4) is 0 Å². The molecule has 1 saturated carbocycles. The minimum Gasteiger partial charge on any atom is -0.392 e. The van der Waals surface area contributed by atoms with Crippen molar-refractivity contribution in [2.24, 2.45) is 0 Å². The molecular formula is C16H22N2O6S. The van der Waals surface area contributed by atoms with E-state index < -0.39 is 25.9 Å². The van der Waals surface area contributed by atoms with Crippen molar-refractivity contribution in [3.63, 3.8) is 0 Å². The van der Waals surface area contributed by atoms with Gasteiger partial charge in [0.05, 0.1) is 18.0 Å². The third-order valence-electron chi connectivity index (χ3n) is 4.29. The number of amides is 1. The Hall–Kier alpha value is -1.97. The monoisotopic (exact) mass is 370 g/mol. The van der Waals surface area contributed by atoms with Crippen LogP contribution in [0.15, 0.2) is 28.7 Å². The van der Waals surface area contributed by atoms with Gasteiger partial charge in [0.2, 0.25) is 5.88 Å². The third-order valence-corrected chi connectivity index (χ3v) is 6.51. The van der Waals surface area contributed by atoms with Crippen LogP contribution < -0.4 is 5.32 Å². The zero-order valence-corrected chi connectivity index (χ0v) is 14.8. The van der Waals surface area contributed by atoms with Gasteiger partial charge in [-0.3, -0.25) is 10.1 Å². The van der Waals surface area contributed by atoms with Gasteiger partial charge in [-0.25, -0.2) is 8.42 Å². The van der Waals surface area contributed by atoms with Gasteiger partial charge < -0.3 is 14.4 Å². The van der Waals surface area contributed by atoms with Gasteiger partial charge in [0.25, 0.3) is 5.91 Å². The van der Waals surface area contributed by atoms with Crippen molar-refractivity contribution in [1.82, 2.24) is 5.16 Å². The summed E-state index contributed by atoms with van der Waals surface area (Å²) >= 11 is 0. The summed E-state index contributed by atoms with van der Waals surface area (Å²) in [5.74, 6) is -0.916. The van der Waals surface area contributed by atoms with Crippen LogP contribution in [0.2, 0.25) is 0 Å². The lowest BCUT2D eigenvalue weighted by Crippen LogP contribution is -2.33. The molecule has 0 unspecified atom stereocenters. The zero-order valence-electron chi connectivity index (χ0n) is 14.0. The van der Waals surface area contributed by atoms with Gasteiger partial charge in [-0.15, -0.1) is 0 Å². The van der Waals surface area contributed by atoms with Gasteiger partial charge in [0.1, 0.15) is 10.6 Å². The van der Waals surface area contributed by atoms with Crippen LogP contribution in [-0.2, 0) is 19.4 Å². The van der Waals surface area contributed by atoms with E-state index in [9.17, 15) is 13.2 Å². The van der Waals surface area contributed by atoms with Gasteiger partial charge in [0.15, 0.2) is 9.84 Å². The number of hydrogen-bond acceptors (Lipinski definition) is 7. The first-order valence-corrected chi connectivity index (χ1v) is 9.37. The third kappa shape index (κ3) is 4.36. The van der Waals surface area contributed by atoms with E-state index in [0.29, 0.717) is 31.3 Å². The van der Waals surface area contributed by atoms with Gasteiger partial charge in [-0.05, 0) is 31.3 Å². The summed E-state index contributed by atoms with van der Waals surface area (Å²) in [5.41, 5.74) is 0.578. The zero-order chi connectivity index (χ0) is 18.6. The molecule has 138 valence electrons. The van der Waals surface area contributed by atoms with E-state index in [4.69, 9.17) is 14.4 Å². The first-order chi connectivity index (χ1) is 11.8. The van der Waals surface area contributed by atoms with Crippen LogP contribution in [0.25, 0.3) is 5.57 Å². The van der Waals surface area contributed by atoms with Crippen LogP contribution in [0.4, 0.5) is 5.88 Å². The molecule has 1 aromatic rings. The second-order valence-electron chi connectivity index (χ2n) is 5.89. The van der Waals surface area contributed by atoms with Crippen LogP contribution in [0.5, 0.6) is 0 Å². The topological polar surface area (TPSA) is 119 Å². The van der Waals surface area contributed by atoms with E-state index in [-0.39, 0.29) is 24.3 Å². The van der Waals surface area contributed by atoms with Crippen molar-refractivity contribution in [2.45, 2.75) is 37.0 Å². The molecule has 0 radical (unpaired) electrons. The van der Waals surface area contributed by atoms with Crippen molar-refractivity contribution in [2.75, 3.05) is 19.0 Å². The SMILES string of the molecule is C=C(CO)c1cc(NC(=O)C(=C)S(=O)(=O)C2CCC(OC)CC2)on1. The van der Waals surface area contributed by atoms with Gasteiger partial charge in [-0.2, -0.15) is 0 Å². The number of rotatable bonds is 7. The van der Waals surface area contributed by atoms with E-state index >= 15 is 0 Å². The molecule has 0 aliphatic heterocycles. The summed E-state index contributed by atoms with van der Waals surface area (Å²) < 4.78 is 35.3. The number of carbonyl (C=O) groups is 1. The number of nitrogens with zero attached hydrogens (tertiary/aromatic N) is 1. The molecule has 8 nitrogen and oxygen atoms in total. The molecule has 0 saturated heterocycles. The minimum atomic E-state index is -3.81. The van der Waals surface area contributed by atoms with E-state index in [1.54, 1.807) is 7.11 Å². The molecule has 1 aromatic heterocycles. The standard InChI is InChI=1S/C16H22N2O6S/c1-10(9-19)14-8-15(24-18-14)17-16(20)11(2)25(21,22)13-6-4-12(23-3)5-7-13/h8,12-13,19H,1-2,4-7,9H2,3H3,(H,17,20). The van der Waals surface area contributed by atoms with Crippen molar-refractivity contribution >= 4 is 27.2 Å². The second-order valence-corrected chi connectivity index (χ2v) is 8.14. The summed E-state index contributed by atoms with van der Waals surface area (Å²) in [7, 11) is -2.21. The predicted octanol–water partition coefficient (Wildman–Crippen LogP) is 1.50. The summed E-state index contributed by atoms with van der Waals surface area (Å²) in [6.07, 6.45) is 2.17. The maximum Gasteiger partial charge on any atom is 0.268 e. The van der Waals surface area contributed by atoms with Crippen molar-refractivity contribution < 1.29 is 27.6 Å². The highest BCUT2D eigenvalue weighted by Crippen LogP contribution is 2.29. The highest BCUT2D eigenvalue weighted by molar-refractivity contribution is 7.96. The Balaban J connectivity index is 2.02. The maximum atomic E-state index is 12.6. The molecule has 1 amide bonds. The molecule has 1 fully saturated rings. The van der Waals surface area contributed by atoms with Crippen molar-refractivity contribution in [3.05, 3.63) is 29.8 Å². The van der Waals surface area contributed by atoms with Crippen LogP contribution in [-0.4, -0.2) is 49.7 Å². The van der Waals surface area contributed by atoms with Crippen LogP contribution >= 0.6 is 0 Å². The van der Waals surface area contributed by atoms with Gasteiger partial charge in [-0.1, -0.05) is 18.3 Å². The van der Waals surface area contributed by atoms with E-state index in [1.165, 1.54) is 6.07 Å². The summed E-state index contributed by atoms with van der Waals surface area (Å²) in [6, 6.07) is 1.35. The normalized spacial score (nSPS) is 20.9. The smallest absolute Gasteiger partial charge is 0.268 e. The van der Waals surface area contributed by atoms with E-state index in [0.717, 1.165) is 0 Å². The summed E-state index contributed by atoms with van der Waals surface area (Å²) in [5, 5.41) is 14.3. The highest BCUT2D eigenvalue weighted by Gasteiger charge is 2.35. The number of hydrogen-bond donors (Lipinski definition) is 2. The van der Waals surface area contributed by atoms with Crippen molar-refractivity contribution in [1.29, 1.82) is 0 Å². The molecule has 0 bridgehead atoms. The molecule has 1 heterocycles. The Bertz CT molecular complexity index is 759. The molecule has 0 aromatic carbocycles. The molecule has 1 aliphatic carbocycles. The first-order valence-electron chi connectivity index (χ1n) is 7.82. The summed E-state index contributed by atoms with van der Waals surface area (Å²) in [6.45, 7) is 6.71. The number of aliphatic hydroxyl groups is 1. The van der Waals surface area contributed by atoms with E-state index in [1.807, 2.05) is 0 Å². The second kappa shape index (κ2) is 7.94. The fourth-order valence-corrected chi connectivity index (χ4v) is 4.28. The Morgan fingerprint density at radius 3 is 2.60 bits per heavy atom. The molecular weight excluding hydrogens is 348 g/mol. The fraction of sp³-hybridized carbons (Fsp3) is 0.500. The Labute approximate surface area is 146 Å². The van der Waals surface area contributed by atoms with Gasteiger partial charge in [0, 0.05) is 13.2 Å². The lowest BCUT2D eigenvalue weighted by Gasteiger charge is -2.27. The number of anilines is 1. The number of carbonyl (C=O) groups excluding carboxylic acids is 1. The first kappa shape index (κ1) is 19.4. The Kier molecular flexibility index (Phi) is 6.15. The number of sulfone groups is 1. The number of ether oxygens (including phenoxy) is 1. The molecule has 9 heteroatoms. The minimum absolute atomic E-state index is 0.0472. The quantitative estimate of drug-likeness (QED) is 0.698. The number of aliphatic hydroxyl groups excluding tert-OH is 1. The average molecular weight is 370 g/mol. The van der Waals surface area contributed by atoms with Gasteiger partial charge >= 0.3 is 0 Å². The lowest BCUT2D eigenvalue weighted by atomic mass is 9.97. The maximum absolute atomic E-state index is 12.6. The summed E-state index contributed by atoms with van der Waals surface area (Å²) in [4.78, 5) is 11.7. The largest absolute Gasteiger partial charge is 0.392 e. The predicted molar refractivity (Wildman–Crippen MR) is 92.4 cm³/mol.